The summed E-state index contributed by atoms with van der Waals surface area (Å²) in [5, 5.41) is 0. The van der Waals surface area contributed by atoms with E-state index in [1.54, 1.807) is 11.3 Å². The van der Waals surface area contributed by atoms with Crippen LogP contribution in [-0.4, -0.2) is 18.5 Å². The lowest BCUT2D eigenvalue weighted by atomic mass is 9.93. The number of ether oxygens (including phenoxy) is 1. The minimum absolute atomic E-state index is 0.0850. The highest BCUT2D eigenvalue weighted by Crippen LogP contribution is 2.31. The van der Waals surface area contributed by atoms with Gasteiger partial charge < -0.3 is 4.74 Å². The van der Waals surface area contributed by atoms with Crippen LogP contribution in [0, 0.1) is 19.8 Å². The zero-order valence-corrected chi connectivity index (χ0v) is 10.9. The number of carbonyl (C=O) groups is 1. The highest BCUT2D eigenvalue weighted by Gasteiger charge is 2.34. The van der Waals surface area contributed by atoms with E-state index in [2.05, 4.69) is 19.9 Å². The summed E-state index contributed by atoms with van der Waals surface area (Å²) in [6, 6.07) is 2.09. The van der Waals surface area contributed by atoms with Crippen molar-refractivity contribution in [3.8, 4) is 0 Å². The van der Waals surface area contributed by atoms with Gasteiger partial charge in [-0.15, -0.1) is 11.3 Å². The standard InChI is InChI=1S/C13H18O2S/c1-4-11-10(5-6-15-11)12(14)13-8(2)7-9(3)16-13/h7,10-11H,4-6H2,1-3H3. The Morgan fingerprint density at radius 1 is 1.56 bits per heavy atom. The van der Waals surface area contributed by atoms with Gasteiger partial charge in [-0.1, -0.05) is 6.92 Å². The third kappa shape index (κ3) is 2.06. The van der Waals surface area contributed by atoms with Gasteiger partial charge in [-0.2, -0.15) is 0 Å². The van der Waals surface area contributed by atoms with Crippen LogP contribution in [0.25, 0.3) is 0 Å². The molecule has 0 aromatic carbocycles. The molecule has 88 valence electrons. The van der Waals surface area contributed by atoms with Gasteiger partial charge >= 0.3 is 0 Å². The number of ketones is 1. The highest BCUT2D eigenvalue weighted by atomic mass is 32.1. The number of hydrogen-bond acceptors (Lipinski definition) is 3. The fourth-order valence-electron chi connectivity index (χ4n) is 2.41. The number of hydrogen-bond donors (Lipinski definition) is 0. The van der Waals surface area contributed by atoms with Crippen LogP contribution in [0.5, 0.6) is 0 Å². The number of carbonyl (C=O) groups excluding carboxylic acids is 1. The van der Waals surface area contributed by atoms with Crippen molar-refractivity contribution in [2.24, 2.45) is 5.92 Å². The van der Waals surface area contributed by atoms with Gasteiger partial charge in [0.05, 0.1) is 16.9 Å². The van der Waals surface area contributed by atoms with E-state index in [-0.39, 0.29) is 12.0 Å². The molecule has 2 nitrogen and oxygen atoms in total. The molecule has 1 aliphatic rings. The van der Waals surface area contributed by atoms with Crippen molar-refractivity contribution >= 4 is 17.1 Å². The molecule has 2 heterocycles. The van der Waals surface area contributed by atoms with Crippen LogP contribution >= 0.6 is 11.3 Å². The van der Waals surface area contributed by atoms with Crippen LogP contribution in [-0.2, 0) is 4.74 Å². The first-order chi connectivity index (χ1) is 7.63. The predicted octanol–water partition coefficient (Wildman–Crippen LogP) is 3.36. The van der Waals surface area contributed by atoms with Gasteiger partial charge in [0.1, 0.15) is 0 Å². The SMILES string of the molecule is CCC1OCCC1C(=O)c1sc(C)cc1C. The molecule has 3 heteroatoms. The molecule has 1 aliphatic heterocycles. The molecule has 0 spiro atoms. The molecule has 2 atom stereocenters. The summed E-state index contributed by atoms with van der Waals surface area (Å²) < 4.78 is 5.59. The van der Waals surface area contributed by atoms with Crippen molar-refractivity contribution in [2.75, 3.05) is 6.61 Å². The van der Waals surface area contributed by atoms with E-state index in [0.29, 0.717) is 5.78 Å². The number of rotatable bonds is 3. The molecule has 0 N–H and O–H groups in total. The average Bonchev–Trinajstić information content (AvgIpc) is 2.83. The molecular weight excluding hydrogens is 220 g/mol. The molecular formula is C13H18O2S. The Morgan fingerprint density at radius 2 is 2.31 bits per heavy atom. The first-order valence-electron chi connectivity index (χ1n) is 5.86. The van der Waals surface area contributed by atoms with Gasteiger partial charge in [-0.3, -0.25) is 4.79 Å². The zero-order chi connectivity index (χ0) is 11.7. The van der Waals surface area contributed by atoms with Crippen molar-refractivity contribution in [3.63, 3.8) is 0 Å². The third-order valence-corrected chi connectivity index (χ3v) is 4.38. The summed E-state index contributed by atoms with van der Waals surface area (Å²) in [4.78, 5) is 14.5. The third-order valence-electron chi connectivity index (χ3n) is 3.21. The van der Waals surface area contributed by atoms with Crippen LogP contribution in [0.3, 0.4) is 0 Å². The van der Waals surface area contributed by atoms with Crippen LogP contribution in [0.1, 0.15) is 39.9 Å². The first-order valence-corrected chi connectivity index (χ1v) is 6.68. The van der Waals surface area contributed by atoms with Gasteiger partial charge in [0, 0.05) is 11.5 Å². The second-order valence-corrected chi connectivity index (χ2v) is 5.70. The highest BCUT2D eigenvalue weighted by molar-refractivity contribution is 7.14. The number of Topliss-reactive ketones (excluding diaryl/α,β-unsaturated/α-hetero) is 1. The fourth-order valence-corrected chi connectivity index (χ4v) is 3.43. The Balaban J connectivity index is 2.21. The van der Waals surface area contributed by atoms with Crippen molar-refractivity contribution in [3.05, 3.63) is 21.4 Å². The minimum Gasteiger partial charge on any atom is -0.377 e. The summed E-state index contributed by atoms with van der Waals surface area (Å²) in [5.41, 5.74) is 1.12. The Bertz CT molecular complexity index is 395. The summed E-state index contributed by atoms with van der Waals surface area (Å²) in [6.07, 6.45) is 1.95. The normalized spacial score (nSPS) is 24.9. The Hall–Kier alpha value is -0.670. The van der Waals surface area contributed by atoms with Gasteiger partial charge in [0.2, 0.25) is 0 Å². The second-order valence-electron chi connectivity index (χ2n) is 4.45. The maximum atomic E-state index is 12.4. The fraction of sp³-hybridized carbons (Fsp3) is 0.615. The molecule has 1 saturated heterocycles. The molecule has 0 saturated carbocycles. The summed E-state index contributed by atoms with van der Waals surface area (Å²) in [6.45, 7) is 6.89. The summed E-state index contributed by atoms with van der Waals surface area (Å²) >= 11 is 1.62. The molecule has 0 radical (unpaired) electrons. The maximum absolute atomic E-state index is 12.4. The molecule has 1 aromatic rings. The minimum atomic E-state index is 0.0850. The van der Waals surface area contributed by atoms with Gasteiger partial charge in [-0.05, 0) is 38.3 Å². The Labute approximate surface area is 101 Å². The molecule has 1 aromatic heterocycles. The predicted molar refractivity (Wildman–Crippen MR) is 66.3 cm³/mol. The zero-order valence-electron chi connectivity index (χ0n) is 10.1. The van der Waals surface area contributed by atoms with Crippen molar-refractivity contribution < 1.29 is 9.53 Å². The van der Waals surface area contributed by atoms with Crippen molar-refractivity contribution in [1.29, 1.82) is 0 Å². The van der Waals surface area contributed by atoms with E-state index >= 15 is 0 Å². The van der Waals surface area contributed by atoms with Gasteiger partial charge in [0.25, 0.3) is 0 Å². The lowest BCUT2D eigenvalue weighted by Gasteiger charge is -2.14. The van der Waals surface area contributed by atoms with Crippen molar-refractivity contribution in [1.82, 2.24) is 0 Å². The lowest BCUT2D eigenvalue weighted by molar-refractivity contribution is 0.0692. The maximum Gasteiger partial charge on any atom is 0.178 e. The summed E-state index contributed by atoms with van der Waals surface area (Å²) in [7, 11) is 0. The number of aryl methyl sites for hydroxylation is 2. The van der Waals surface area contributed by atoms with Crippen LogP contribution in [0.2, 0.25) is 0 Å². The van der Waals surface area contributed by atoms with E-state index in [9.17, 15) is 4.79 Å². The molecule has 0 bridgehead atoms. The average molecular weight is 238 g/mol. The monoisotopic (exact) mass is 238 g/mol. The molecule has 1 fully saturated rings. The molecule has 2 rings (SSSR count). The van der Waals surface area contributed by atoms with Crippen molar-refractivity contribution in [2.45, 2.75) is 39.7 Å². The van der Waals surface area contributed by atoms with Gasteiger partial charge in [-0.25, -0.2) is 0 Å². The van der Waals surface area contributed by atoms with E-state index < -0.39 is 0 Å². The first kappa shape index (κ1) is 11.8. The molecule has 16 heavy (non-hydrogen) atoms. The largest absolute Gasteiger partial charge is 0.377 e. The van der Waals surface area contributed by atoms with E-state index in [1.807, 2.05) is 6.92 Å². The molecule has 2 unspecified atom stereocenters. The smallest absolute Gasteiger partial charge is 0.178 e. The Kier molecular flexibility index (Phi) is 3.45. The lowest BCUT2D eigenvalue weighted by Crippen LogP contribution is -2.23. The van der Waals surface area contributed by atoms with E-state index in [1.165, 1.54) is 4.88 Å². The van der Waals surface area contributed by atoms with Gasteiger partial charge in [0.15, 0.2) is 5.78 Å². The van der Waals surface area contributed by atoms with E-state index in [4.69, 9.17) is 4.74 Å². The quantitative estimate of drug-likeness (QED) is 0.755. The van der Waals surface area contributed by atoms with Crippen LogP contribution in [0.15, 0.2) is 6.07 Å². The molecule has 0 aliphatic carbocycles. The van der Waals surface area contributed by atoms with Crippen LogP contribution in [0.4, 0.5) is 0 Å². The van der Waals surface area contributed by atoms with E-state index in [0.717, 1.165) is 29.9 Å². The van der Waals surface area contributed by atoms with Crippen LogP contribution < -0.4 is 0 Å². The Morgan fingerprint density at radius 3 is 2.88 bits per heavy atom. The number of thiophene rings is 1. The summed E-state index contributed by atoms with van der Waals surface area (Å²) in [5.74, 6) is 0.377. The second kappa shape index (κ2) is 4.68. The topological polar surface area (TPSA) is 26.3 Å². The molecule has 0 amide bonds.